The smallest absolute Gasteiger partial charge is 0.310 e. The second-order valence-corrected chi connectivity index (χ2v) is 8.31. The van der Waals surface area contributed by atoms with Gasteiger partial charge in [-0.15, -0.1) is 0 Å². The van der Waals surface area contributed by atoms with Crippen molar-refractivity contribution in [3.8, 4) is 0 Å². The zero-order valence-electron chi connectivity index (χ0n) is 16.1. The highest BCUT2D eigenvalue weighted by molar-refractivity contribution is 7.92. The van der Waals surface area contributed by atoms with Gasteiger partial charge in [-0.3, -0.25) is 13.9 Å². The predicted molar refractivity (Wildman–Crippen MR) is 109 cm³/mol. The van der Waals surface area contributed by atoms with E-state index in [4.69, 9.17) is 4.74 Å². The summed E-state index contributed by atoms with van der Waals surface area (Å²) in [5, 5.41) is 2.80. The summed E-state index contributed by atoms with van der Waals surface area (Å²) < 4.78 is 29.2. The number of sulfonamides is 1. The van der Waals surface area contributed by atoms with Gasteiger partial charge >= 0.3 is 5.97 Å². The van der Waals surface area contributed by atoms with Crippen molar-refractivity contribution >= 4 is 33.3 Å². The summed E-state index contributed by atoms with van der Waals surface area (Å²) in [5.74, 6) is -0.480. The quantitative estimate of drug-likeness (QED) is 0.682. The van der Waals surface area contributed by atoms with Crippen LogP contribution < -0.4 is 9.62 Å². The number of nitrogens with one attached hydrogen (secondary N) is 1. The molecule has 1 amide bonds. The van der Waals surface area contributed by atoms with Crippen LogP contribution in [0.1, 0.15) is 18.1 Å². The largest absolute Gasteiger partial charge is 0.466 e. The maximum Gasteiger partial charge on any atom is 0.310 e. The minimum atomic E-state index is -3.32. The number of amides is 1. The summed E-state index contributed by atoms with van der Waals surface area (Å²) in [6.45, 7) is 2.10. The average molecular weight is 404 g/mol. The molecule has 0 bridgehead atoms. The molecule has 150 valence electrons. The molecule has 0 aliphatic rings. The van der Waals surface area contributed by atoms with Gasteiger partial charge in [0.15, 0.2) is 0 Å². The Kier molecular flexibility index (Phi) is 7.17. The molecule has 0 spiro atoms. The molecule has 0 saturated carbocycles. The topological polar surface area (TPSA) is 92.8 Å². The zero-order chi connectivity index (χ0) is 20.7. The minimum Gasteiger partial charge on any atom is -0.466 e. The highest BCUT2D eigenvalue weighted by Crippen LogP contribution is 2.17. The summed E-state index contributed by atoms with van der Waals surface area (Å²) in [6, 6.07) is 13.8. The van der Waals surface area contributed by atoms with Crippen LogP contribution >= 0.6 is 0 Å². The average Bonchev–Trinajstić information content (AvgIpc) is 2.63. The number of rotatable bonds is 8. The van der Waals surface area contributed by atoms with E-state index in [1.807, 2.05) is 0 Å². The Hall–Kier alpha value is -2.87. The zero-order valence-corrected chi connectivity index (χ0v) is 17.0. The summed E-state index contributed by atoms with van der Waals surface area (Å²) in [6.07, 6.45) is 1.48. The number of nitrogens with zero attached hydrogens (tertiary/aromatic N) is 1. The van der Waals surface area contributed by atoms with Gasteiger partial charge in [0.25, 0.3) is 0 Å². The van der Waals surface area contributed by atoms with Crippen molar-refractivity contribution in [2.24, 2.45) is 0 Å². The second-order valence-electron chi connectivity index (χ2n) is 6.30. The Morgan fingerprint density at radius 1 is 0.964 bits per heavy atom. The Labute approximate surface area is 165 Å². The fraction of sp³-hybridized carbons (Fsp3) is 0.300. The number of hydrogen-bond acceptors (Lipinski definition) is 5. The first-order valence-electron chi connectivity index (χ1n) is 8.76. The van der Waals surface area contributed by atoms with E-state index in [1.165, 1.54) is 11.4 Å². The molecule has 8 heteroatoms. The van der Waals surface area contributed by atoms with Gasteiger partial charge in [-0.1, -0.05) is 24.3 Å². The first-order chi connectivity index (χ1) is 13.2. The molecule has 0 aromatic heterocycles. The molecule has 0 aliphatic heterocycles. The first kappa shape index (κ1) is 21.4. The summed E-state index contributed by atoms with van der Waals surface area (Å²) in [4.78, 5) is 23.7. The van der Waals surface area contributed by atoms with E-state index in [0.717, 1.165) is 17.4 Å². The van der Waals surface area contributed by atoms with Crippen LogP contribution in [-0.2, 0) is 37.2 Å². The highest BCUT2D eigenvalue weighted by Gasteiger charge is 2.12. The van der Waals surface area contributed by atoms with Crippen LogP contribution in [-0.4, -0.2) is 40.2 Å². The van der Waals surface area contributed by atoms with Gasteiger partial charge in [0.2, 0.25) is 15.9 Å². The van der Waals surface area contributed by atoms with Crippen molar-refractivity contribution in [2.75, 3.05) is 29.5 Å². The van der Waals surface area contributed by atoms with E-state index >= 15 is 0 Å². The van der Waals surface area contributed by atoms with Gasteiger partial charge in [0.05, 0.1) is 31.4 Å². The standard InChI is InChI=1S/C20H24N2O5S/c1-4-27-20(24)14-16-5-9-17(10-6-16)21-19(23)13-15-7-11-18(12-8-15)22(2)28(3,25)26/h5-12H,4,13-14H2,1-3H3,(H,21,23). The van der Waals surface area contributed by atoms with Gasteiger partial charge < -0.3 is 10.1 Å². The number of hydrogen-bond donors (Lipinski definition) is 1. The van der Waals surface area contributed by atoms with E-state index < -0.39 is 10.0 Å². The van der Waals surface area contributed by atoms with Crippen LogP contribution in [0.5, 0.6) is 0 Å². The predicted octanol–water partition coefficient (Wildman–Crippen LogP) is 2.37. The van der Waals surface area contributed by atoms with Crippen LogP contribution in [0.15, 0.2) is 48.5 Å². The van der Waals surface area contributed by atoms with Crippen molar-refractivity contribution in [3.05, 3.63) is 59.7 Å². The molecule has 0 atom stereocenters. The maximum absolute atomic E-state index is 12.2. The van der Waals surface area contributed by atoms with Gasteiger partial charge in [-0.25, -0.2) is 8.42 Å². The molecular formula is C20H24N2O5S. The third-order valence-electron chi connectivity index (χ3n) is 4.05. The molecule has 1 N–H and O–H groups in total. The lowest BCUT2D eigenvalue weighted by atomic mass is 10.1. The normalized spacial score (nSPS) is 11.0. The monoisotopic (exact) mass is 404 g/mol. The lowest BCUT2D eigenvalue weighted by Crippen LogP contribution is -2.24. The van der Waals surface area contributed by atoms with Crippen LogP contribution in [0.4, 0.5) is 11.4 Å². The Bertz CT molecular complexity index is 922. The summed E-state index contributed by atoms with van der Waals surface area (Å²) >= 11 is 0. The molecule has 2 aromatic carbocycles. The maximum atomic E-state index is 12.2. The van der Waals surface area contributed by atoms with E-state index in [0.29, 0.717) is 18.0 Å². The molecule has 2 aromatic rings. The van der Waals surface area contributed by atoms with Crippen molar-refractivity contribution < 1.29 is 22.7 Å². The van der Waals surface area contributed by atoms with Gasteiger partial charge in [-0.2, -0.15) is 0 Å². The van der Waals surface area contributed by atoms with E-state index in [1.54, 1.807) is 55.5 Å². The minimum absolute atomic E-state index is 0.160. The van der Waals surface area contributed by atoms with Crippen molar-refractivity contribution in [1.82, 2.24) is 0 Å². The third kappa shape index (κ3) is 6.38. The fourth-order valence-corrected chi connectivity index (χ4v) is 3.00. The van der Waals surface area contributed by atoms with Crippen molar-refractivity contribution in [1.29, 1.82) is 0 Å². The first-order valence-corrected chi connectivity index (χ1v) is 10.6. The molecule has 0 aliphatic carbocycles. The Morgan fingerprint density at radius 2 is 1.50 bits per heavy atom. The van der Waals surface area contributed by atoms with Crippen LogP contribution in [0.3, 0.4) is 0 Å². The summed E-state index contributed by atoms with van der Waals surface area (Å²) in [7, 11) is -1.85. The third-order valence-corrected chi connectivity index (χ3v) is 5.26. The molecule has 0 heterocycles. The number of ether oxygens (including phenoxy) is 1. The fourth-order valence-electron chi connectivity index (χ4n) is 2.49. The highest BCUT2D eigenvalue weighted by atomic mass is 32.2. The number of carbonyl (C=O) groups is 2. The molecule has 2 rings (SSSR count). The molecule has 0 fully saturated rings. The van der Waals surface area contributed by atoms with Gasteiger partial charge in [0.1, 0.15) is 0 Å². The molecule has 0 unspecified atom stereocenters. The number of benzene rings is 2. The van der Waals surface area contributed by atoms with Crippen LogP contribution in [0, 0.1) is 0 Å². The molecule has 28 heavy (non-hydrogen) atoms. The number of esters is 1. The van der Waals surface area contributed by atoms with Crippen molar-refractivity contribution in [2.45, 2.75) is 19.8 Å². The molecule has 0 saturated heterocycles. The van der Waals surface area contributed by atoms with E-state index in [-0.39, 0.29) is 24.7 Å². The van der Waals surface area contributed by atoms with Crippen LogP contribution in [0.2, 0.25) is 0 Å². The van der Waals surface area contributed by atoms with Crippen molar-refractivity contribution in [3.63, 3.8) is 0 Å². The van der Waals surface area contributed by atoms with Gasteiger partial charge in [-0.05, 0) is 42.3 Å². The van der Waals surface area contributed by atoms with E-state index in [2.05, 4.69) is 5.32 Å². The SMILES string of the molecule is CCOC(=O)Cc1ccc(NC(=O)Cc2ccc(N(C)S(C)(=O)=O)cc2)cc1. The lowest BCUT2D eigenvalue weighted by molar-refractivity contribution is -0.142. The second kappa shape index (κ2) is 9.36. The van der Waals surface area contributed by atoms with Gasteiger partial charge in [0, 0.05) is 12.7 Å². The molecule has 7 nitrogen and oxygen atoms in total. The molecule has 0 radical (unpaired) electrons. The Balaban J connectivity index is 1.92. The Morgan fingerprint density at radius 3 is 2.04 bits per heavy atom. The van der Waals surface area contributed by atoms with E-state index in [9.17, 15) is 18.0 Å². The summed E-state index contributed by atoms with van der Waals surface area (Å²) in [5.41, 5.74) is 2.74. The lowest BCUT2D eigenvalue weighted by Gasteiger charge is -2.16. The number of carbonyl (C=O) groups excluding carboxylic acids is 2. The molecular weight excluding hydrogens is 380 g/mol. The number of anilines is 2. The van der Waals surface area contributed by atoms with Crippen LogP contribution in [0.25, 0.3) is 0 Å².